The van der Waals surface area contributed by atoms with E-state index in [1.54, 1.807) is 0 Å². The van der Waals surface area contributed by atoms with Gasteiger partial charge in [0, 0.05) is 11.4 Å². The molecular weight excluding hydrogens is 344 g/mol. The first-order valence-electron chi connectivity index (χ1n) is 5.80. The number of aliphatic carboxylic acids is 2. The molecule has 0 aliphatic rings. The fourth-order valence-corrected chi connectivity index (χ4v) is 1.24. The van der Waals surface area contributed by atoms with Gasteiger partial charge in [-0.25, -0.2) is 0 Å². The minimum absolute atomic E-state index is 0.356. The van der Waals surface area contributed by atoms with Gasteiger partial charge in [0.2, 0.25) is 0 Å². The number of benzene rings is 1. The largest absolute Gasteiger partial charge is 0.543 e. The fraction of sp³-hybridized carbons (Fsp3) is 0.167. The normalized spacial score (nSPS) is 11.5. The topological polar surface area (TPSA) is 138 Å². The predicted octanol–water partition coefficient (Wildman–Crippen LogP) is -1.67. The maximum absolute atomic E-state index is 12.8. The van der Waals surface area contributed by atoms with Crippen LogP contribution in [0, 0.1) is 0 Å². The Morgan fingerprint density at radius 2 is 0.958 bits per heavy atom. The number of hydrogen-bond donors (Lipinski definition) is 2. The van der Waals surface area contributed by atoms with Crippen LogP contribution in [0.5, 0.6) is 0 Å². The molecule has 12 heteroatoms. The molecule has 0 radical (unpaired) electrons. The van der Waals surface area contributed by atoms with Crippen LogP contribution in [0.1, 0.15) is 0 Å². The van der Waals surface area contributed by atoms with E-state index >= 15 is 0 Å². The van der Waals surface area contributed by atoms with E-state index in [-0.39, 0.29) is 11.4 Å². The molecule has 24 heavy (non-hydrogen) atoms. The van der Waals surface area contributed by atoms with Crippen molar-refractivity contribution >= 4 is 35.1 Å². The molecule has 0 atom stereocenters. The smallest absolute Gasteiger partial charge is 0.363 e. The van der Waals surface area contributed by atoms with Crippen molar-refractivity contribution in [2.24, 2.45) is 0 Å². The zero-order chi connectivity index (χ0) is 18.7. The lowest BCUT2D eigenvalue weighted by Gasteiger charge is -2.17. The molecule has 0 saturated heterocycles. The van der Waals surface area contributed by atoms with Gasteiger partial charge in [-0.2, -0.15) is 17.6 Å². The highest BCUT2D eigenvalue weighted by molar-refractivity contribution is 6.10. The summed E-state index contributed by atoms with van der Waals surface area (Å²) in [5.41, 5.74) is -0.712. The molecular formula is C12H6F4N2O6-2. The Balaban J connectivity index is 2.81. The van der Waals surface area contributed by atoms with Crippen molar-refractivity contribution in [3.05, 3.63) is 24.3 Å². The summed E-state index contributed by atoms with van der Waals surface area (Å²) in [5.74, 6) is -19.9. The maximum Gasteiger partial charge on any atom is 0.363 e. The zero-order valence-corrected chi connectivity index (χ0v) is 11.3. The third-order valence-corrected chi connectivity index (χ3v) is 2.48. The van der Waals surface area contributed by atoms with Crippen LogP contribution in [0.25, 0.3) is 0 Å². The van der Waals surface area contributed by atoms with Gasteiger partial charge in [-0.05, 0) is 24.3 Å². The average Bonchev–Trinajstić information content (AvgIpc) is 2.48. The summed E-state index contributed by atoms with van der Waals surface area (Å²) >= 11 is 0. The molecule has 1 aromatic carbocycles. The number of carboxylic acids is 2. The van der Waals surface area contributed by atoms with Crippen LogP contribution in [0.2, 0.25) is 0 Å². The molecule has 2 N–H and O–H groups in total. The van der Waals surface area contributed by atoms with Crippen LogP contribution < -0.4 is 20.8 Å². The number of anilines is 2. The number of carboxylic acid groups (broad SMARTS) is 2. The van der Waals surface area contributed by atoms with Crippen LogP contribution in [-0.4, -0.2) is 35.6 Å². The van der Waals surface area contributed by atoms with Crippen molar-refractivity contribution < 1.29 is 47.0 Å². The second kappa shape index (κ2) is 6.52. The molecule has 0 spiro atoms. The fourth-order valence-electron chi connectivity index (χ4n) is 1.24. The zero-order valence-electron chi connectivity index (χ0n) is 11.3. The van der Waals surface area contributed by atoms with Crippen LogP contribution in [0.3, 0.4) is 0 Å². The molecule has 0 aliphatic carbocycles. The summed E-state index contributed by atoms with van der Waals surface area (Å²) in [6.07, 6.45) is 0. The van der Waals surface area contributed by atoms with Crippen LogP contribution in [-0.2, 0) is 19.2 Å². The van der Waals surface area contributed by atoms with Gasteiger partial charge >= 0.3 is 23.7 Å². The van der Waals surface area contributed by atoms with E-state index in [1.807, 2.05) is 0 Å². The van der Waals surface area contributed by atoms with Crippen LogP contribution >= 0.6 is 0 Å². The second-order valence-electron chi connectivity index (χ2n) is 4.21. The van der Waals surface area contributed by atoms with Crippen molar-refractivity contribution in [3.8, 4) is 0 Å². The molecule has 8 nitrogen and oxygen atoms in total. The number of halogens is 4. The van der Waals surface area contributed by atoms with Crippen LogP contribution in [0.15, 0.2) is 24.3 Å². The Bertz CT molecular complexity index is 630. The third kappa shape index (κ3) is 3.97. The summed E-state index contributed by atoms with van der Waals surface area (Å²) in [5, 5.41) is 23.2. The van der Waals surface area contributed by atoms with E-state index in [4.69, 9.17) is 0 Å². The molecule has 0 heterocycles. The number of rotatable bonds is 6. The van der Waals surface area contributed by atoms with Gasteiger partial charge < -0.3 is 30.4 Å². The van der Waals surface area contributed by atoms with E-state index in [1.165, 1.54) is 10.6 Å². The van der Waals surface area contributed by atoms with Gasteiger partial charge in [-0.15, -0.1) is 0 Å². The first kappa shape index (κ1) is 18.9. The average molecular weight is 350 g/mol. The summed E-state index contributed by atoms with van der Waals surface area (Å²) in [7, 11) is 0. The molecule has 130 valence electrons. The summed E-state index contributed by atoms with van der Waals surface area (Å²) in [6.45, 7) is 0. The van der Waals surface area contributed by atoms with Crippen molar-refractivity contribution in [2.75, 3.05) is 10.6 Å². The molecule has 1 aromatic rings. The van der Waals surface area contributed by atoms with Gasteiger partial charge in [-0.1, -0.05) is 0 Å². The Hall–Kier alpha value is -3.18. The maximum atomic E-state index is 12.8. The van der Waals surface area contributed by atoms with Gasteiger partial charge in [-0.3, -0.25) is 9.59 Å². The standard InChI is InChI=1S/C12H8F4N2O6/c13-11(14,9(21)22)7(19)17-5-1-2-6(4-3-5)18-8(20)12(15,16)10(23)24/h1-4H,(H,17,19)(H,18,20)(H,21,22)(H,23,24)/p-2. The summed E-state index contributed by atoms with van der Waals surface area (Å²) in [4.78, 5) is 42.2. The molecule has 0 aromatic heterocycles. The van der Waals surface area contributed by atoms with E-state index < -0.39 is 35.6 Å². The van der Waals surface area contributed by atoms with Crippen molar-refractivity contribution in [1.82, 2.24) is 0 Å². The van der Waals surface area contributed by atoms with Crippen LogP contribution in [0.4, 0.5) is 28.9 Å². The lowest BCUT2D eigenvalue weighted by atomic mass is 10.2. The first-order valence-corrected chi connectivity index (χ1v) is 5.80. The number of carbonyl (C=O) groups excluding carboxylic acids is 4. The van der Waals surface area contributed by atoms with Crippen molar-refractivity contribution in [1.29, 1.82) is 0 Å². The highest BCUT2D eigenvalue weighted by atomic mass is 19.3. The number of alkyl halides is 4. The lowest BCUT2D eigenvalue weighted by Crippen LogP contribution is -2.50. The van der Waals surface area contributed by atoms with Gasteiger partial charge in [0.1, 0.15) is 11.9 Å². The molecule has 0 bridgehead atoms. The third-order valence-electron chi connectivity index (χ3n) is 2.48. The molecule has 0 saturated carbocycles. The first-order chi connectivity index (χ1) is 10.9. The monoisotopic (exact) mass is 350 g/mol. The Labute approximate surface area is 130 Å². The SMILES string of the molecule is O=C([O-])C(F)(F)C(=O)Nc1ccc(NC(=O)C(F)(F)C(=O)[O-])cc1. The lowest BCUT2D eigenvalue weighted by molar-refractivity contribution is -0.326. The van der Waals surface area contributed by atoms with Gasteiger partial charge in [0.05, 0.1) is 0 Å². The number of carbonyl (C=O) groups is 4. The molecule has 2 amide bonds. The van der Waals surface area contributed by atoms with Gasteiger partial charge in [0.15, 0.2) is 0 Å². The van der Waals surface area contributed by atoms with Gasteiger partial charge in [0.25, 0.3) is 0 Å². The molecule has 0 fully saturated rings. The van der Waals surface area contributed by atoms with E-state index in [9.17, 15) is 47.0 Å². The molecule has 0 aliphatic heterocycles. The quantitative estimate of drug-likeness (QED) is 0.465. The van der Waals surface area contributed by atoms with Crippen molar-refractivity contribution in [3.63, 3.8) is 0 Å². The second-order valence-corrected chi connectivity index (χ2v) is 4.21. The highest BCUT2D eigenvalue weighted by Gasteiger charge is 2.41. The Morgan fingerprint density at radius 1 is 0.708 bits per heavy atom. The van der Waals surface area contributed by atoms with E-state index in [0.717, 1.165) is 24.3 Å². The number of amides is 2. The van der Waals surface area contributed by atoms with Crippen molar-refractivity contribution in [2.45, 2.75) is 11.8 Å². The minimum Gasteiger partial charge on any atom is -0.543 e. The highest BCUT2D eigenvalue weighted by Crippen LogP contribution is 2.20. The molecule has 1 rings (SSSR count). The Morgan fingerprint density at radius 3 is 1.17 bits per heavy atom. The summed E-state index contributed by atoms with van der Waals surface area (Å²) in [6, 6.07) is 3.43. The van der Waals surface area contributed by atoms with E-state index in [2.05, 4.69) is 0 Å². The van der Waals surface area contributed by atoms with E-state index in [0.29, 0.717) is 0 Å². The molecule has 0 unspecified atom stereocenters. The predicted molar refractivity (Wildman–Crippen MR) is 63.6 cm³/mol. The number of hydrogen-bond acceptors (Lipinski definition) is 6. The Kier molecular flexibility index (Phi) is 5.12. The minimum atomic E-state index is -4.80. The summed E-state index contributed by atoms with van der Waals surface area (Å²) < 4.78 is 51.2. The number of nitrogens with one attached hydrogen (secondary N) is 2.